The highest BCUT2D eigenvalue weighted by Crippen LogP contribution is 2.49. The second-order valence-corrected chi connectivity index (χ2v) is 17.5. The number of nitrogens with zero attached hydrogens (tertiary/aromatic N) is 1. The maximum atomic E-state index is 7.15. The van der Waals surface area contributed by atoms with Crippen LogP contribution in [0.5, 0.6) is 0 Å². The molecular weight excluding hydrogens is 799 g/mol. The third-order valence-corrected chi connectivity index (χ3v) is 14.0. The number of aromatic nitrogens is 1. The van der Waals surface area contributed by atoms with Crippen molar-refractivity contribution in [1.29, 1.82) is 0 Å². The normalized spacial score (nSPS) is 11.9. The summed E-state index contributed by atoms with van der Waals surface area (Å²) in [5.41, 5.74) is 14.8. The average Bonchev–Trinajstić information content (AvgIpc) is 3.93. The Labute approximate surface area is 380 Å². The van der Waals surface area contributed by atoms with E-state index in [0.717, 1.165) is 38.8 Å². The molecule has 2 heteroatoms. The molecule has 306 valence electrons. The van der Waals surface area contributed by atoms with Gasteiger partial charge in [-0.1, -0.05) is 200 Å². The van der Waals surface area contributed by atoms with Crippen LogP contribution in [0.2, 0.25) is 0 Å². The summed E-state index contributed by atoms with van der Waals surface area (Å²) in [6.07, 6.45) is 0. The van der Waals surface area contributed by atoms with E-state index in [1.165, 1.54) is 98.3 Å². The van der Waals surface area contributed by atoms with E-state index in [4.69, 9.17) is 4.42 Å². The molecule has 0 aliphatic rings. The fourth-order valence-corrected chi connectivity index (χ4v) is 11.2. The fourth-order valence-electron chi connectivity index (χ4n) is 11.2. The molecule has 0 spiro atoms. The topological polar surface area (TPSA) is 18.1 Å². The minimum atomic E-state index is 0.877. The van der Waals surface area contributed by atoms with Crippen LogP contribution in [0.25, 0.3) is 137 Å². The van der Waals surface area contributed by atoms with Gasteiger partial charge in [-0.2, -0.15) is 0 Å². The van der Waals surface area contributed by atoms with Crippen LogP contribution >= 0.6 is 0 Å². The minimum Gasteiger partial charge on any atom is -0.455 e. The molecule has 2 heterocycles. The van der Waals surface area contributed by atoms with Crippen molar-refractivity contribution in [3.05, 3.63) is 237 Å². The second-order valence-electron chi connectivity index (χ2n) is 17.5. The Morgan fingerprint density at radius 1 is 0.258 bits per heavy atom. The van der Waals surface area contributed by atoms with Gasteiger partial charge in [0.2, 0.25) is 0 Å². The molecule has 66 heavy (non-hydrogen) atoms. The molecule has 0 saturated heterocycles. The lowest BCUT2D eigenvalue weighted by Crippen LogP contribution is -1.95. The van der Waals surface area contributed by atoms with Gasteiger partial charge in [-0.15, -0.1) is 0 Å². The molecule has 0 N–H and O–H groups in total. The molecule has 0 radical (unpaired) electrons. The highest BCUT2D eigenvalue weighted by atomic mass is 16.3. The van der Waals surface area contributed by atoms with E-state index in [1.54, 1.807) is 0 Å². The third-order valence-electron chi connectivity index (χ3n) is 14.0. The number of fused-ring (bicyclic) bond motifs is 10. The predicted molar refractivity (Wildman–Crippen MR) is 280 cm³/mol. The monoisotopic (exact) mass is 837 g/mol. The van der Waals surface area contributed by atoms with Crippen molar-refractivity contribution >= 4 is 86.8 Å². The second kappa shape index (κ2) is 14.4. The Balaban J connectivity index is 0.974. The van der Waals surface area contributed by atoms with Gasteiger partial charge in [0.1, 0.15) is 11.2 Å². The van der Waals surface area contributed by atoms with E-state index in [2.05, 4.69) is 241 Å². The maximum Gasteiger partial charge on any atom is 0.143 e. The smallest absolute Gasteiger partial charge is 0.143 e. The zero-order chi connectivity index (χ0) is 43.3. The predicted octanol–water partition coefficient (Wildman–Crippen LogP) is 18.0. The number of para-hydroxylation sites is 3. The van der Waals surface area contributed by atoms with Crippen LogP contribution in [-0.2, 0) is 0 Å². The van der Waals surface area contributed by atoms with Gasteiger partial charge < -0.3 is 8.98 Å². The number of hydrogen-bond donors (Lipinski definition) is 0. The molecule has 0 bridgehead atoms. The molecule has 0 aliphatic heterocycles. The first-order chi connectivity index (χ1) is 32.8. The number of benzene rings is 12. The molecule has 0 unspecified atom stereocenters. The van der Waals surface area contributed by atoms with E-state index in [-0.39, 0.29) is 0 Å². The molecule has 14 aromatic rings. The molecule has 2 aromatic heterocycles. The van der Waals surface area contributed by atoms with Crippen LogP contribution in [-0.4, -0.2) is 4.57 Å². The van der Waals surface area contributed by atoms with Gasteiger partial charge in [-0.3, -0.25) is 0 Å². The average molecular weight is 838 g/mol. The van der Waals surface area contributed by atoms with Crippen molar-refractivity contribution in [3.63, 3.8) is 0 Å². The summed E-state index contributed by atoms with van der Waals surface area (Å²) in [5, 5.41) is 14.5. The minimum absolute atomic E-state index is 0.877. The van der Waals surface area contributed by atoms with E-state index in [1.807, 2.05) is 0 Å². The van der Waals surface area contributed by atoms with Crippen LogP contribution in [0.3, 0.4) is 0 Å². The summed E-state index contributed by atoms with van der Waals surface area (Å²) in [4.78, 5) is 0. The Hall–Kier alpha value is -8.72. The van der Waals surface area contributed by atoms with Gasteiger partial charge in [-0.25, -0.2) is 0 Å². The van der Waals surface area contributed by atoms with Crippen LogP contribution < -0.4 is 0 Å². The molecular formula is C64H39NO. The first-order valence-corrected chi connectivity index (χ1v) is 22.8. The Kier molecular flexibility index (Phi) is 8.02. The standard InChI is InChI=1S/C64H39NO/c1-2-18-40(19-3-1)60-47-24-4-6-26-49(47)62(50-27-7-5-25-48(50)60)42-36-37-46-55-32-17-33-56(64(55)66-59(46)39-42)63-53-30-10-8-28-51(53)61(52-29-9-11-31-54(52)63)41-20-16-21-43(38-41)65-57-34-14-12-22-44(57)45-23-13-15-35-58(45)65/h1-39H. The summed E-state index contributed by atoms with van der Waals surface area (Å²) in [6.45, 7) is 0. The van der Waals surface area contributed by atoms with E-state index >= 15 is 0 Å². The molecule has 0 saturated carbocycles. The quantitative estimate of drug-likeness (QED) is 0.158. The first-order valence-electron chi connectivity index (χ1n) is 22.8. The summed E-state index contributed by atoms with van der Waals surface area (Å²) in [5.74, 6) is 0. The lowest BCUT2D eigenvalue weighted by molar-refractivity contribution is 0.670. The van der Waals surface area contributed by atoms with Gasteiger partial charge in [0, 0.05) is 38.4 Å². The summed E-state index contributed by atoms with van der Waals surface area (Å²) in [7, 11) is 0. The van der Waals surface area contributed by atoms with E-state index < -0.39 is 0 Å². The van der Waals surface area contributed by atoms with Gasteiger partial charge in [0.05, 0.1) is 11.0 Å². The van der Waals surface area contributed by atoms with Gasteiger partial charge in [-0.05, 0) is 113 Å². The van der Waals surface area contributed by atoms with Gasteiger partial charge in [0.25, 0.3) is 0 Å². The lowest BCUT2D eigenvalue weighted by Gasteiger charge is -2.18. The maximum absolute atomic E-state index is 7.15. The number of furan rings is 1. The van der Waals surface area contributed by atoms with Crippen LogP contribution in [0.15, 0.2) is 241 Å². The van der Waals surface area contributed by atoms with Crippen molar-refractivity contribution < 1.29 is 4.42 Å². The largest absolute Gasteiger partial charge is 0.455 e. The van der Waals surface area contributed by atoms with Crippen LogP contribution in [0, 0.1) is 0 Å². The van der Waals surface area contributed by atoms with E-state index in [0.29, 0.717) is 0 Å². The molecule has 12 aromatic carbocycles. The molecule has 14 rings (SSSR count). The van der Waals surface area contributed by atoms with Crippen molar-refractivity contribution in [3.8, 4) is 50.2 Å². The summed E-state index contributed by atoms with van der Waals surface area (Å²) in [6, 6.07) is 86.3. The highest BCUT2D eigenvalue weighted by Gasteiger charge is 2.22. The molecule has 2 nitrogen and oxygen atoms in total. The van der Waals surface area contributed by atoms with Crippen molar-refractivity contribution in [2.75, 3.05) is 0 Å². The summed E-state index contributed by atoms with van der Waals surface area (Å²) < 4.78 is 9.56. The molecule has 0 aliphatic carbocycles. The van der Waals surface area contributed by atoms with Crippen molar-refractivity contribution in [2.24, 2.45) is 0 Å². The van der Waals surface area contributed by atoms with Crippen LogP contribution in [0.4, 0.5) is 0 Å². The fraction of sp³-hybridized carbons (Fsp3) is 0. The Bertz CT molecular complexity index is 4120. The summed E-state index contributed by atoms with van der Waals surface area (Å²) >= 11 is 0. The highest BCUT2D eigenvalue weighted by molar-refractivity contribution is 6.25. The van der Waals surface area contributed by atoms with Crippen molar-refractivity contribution in [2.45, 2.75) is 0 Å². The van der Waals surface area contributed by atoms with Gasteiger partial charge in [0.15, 0.2) is 0 Å². The molecule has 0 atom stereocenters. The SMILES string of the molecule is c1ccc(-c2c3ccccc3c(-c3ccc4c(c3)oc3c(-c5c6ccccc6c(-c6cccc(-n7c8ccccc8c8ccccc87)c6)c6ccccc56)cccc34)c3ccccc23)cc1. The Morgan fingerprint density at radius 3 is 1.21 bits per heavy atom. The molecule has 0 amide bonds. The van der Waals surface area contributed by atoms with E-state index in [9.17, 15) is 0 Å². The van der Waals surface area contributed by atoms with Crippen molar-refractivity contribution in [1.82, 2.24) is 4.57 Å². The number of hydrogen-bond acceptors (Lipinski definition) is 1. The van der Waals surface area contributed by atoms with Crippen LogP contribution in [0.1, 0.15) is 0 Å². The zero-order valence-corrected chi connectivity index (χ0v) is 35.9. The Morgan fingerprint density at radius 2 is 0.667 bits per heavy atom. The van der Waals surface area contributed by atoms with Gasteiger partial charge >= 0.3 is 0 Å². The zero-order valence-electron chi connectivity index (χ0n) is 35.9. The first kappa shape index (κ1) is 36.7. The third kappa shape index (κ3) is 5.36. The molecule has 0 fully saturated rings. The lowest BCUT2D eigenvalue weighted by atomic mass is 9.85. The number of rotatable bonds is 5.